The first kappa shape index (κ1) is 11.9. The molecular weight excluding hydrogens is 220 g/mol. The number of thioether (sulfide) groups is 1. The molecule has 0 spiro atoms. The van der Waals surface area contributed by atoms with Gasteiger partial charge in [0, 0.05) is 5.92 Å². The Bertz CT molecular complexity index is 320. The van der Waals surface area contributed by atoms with E-state index in [1.165, 1.54) is 25.7 Å². The van der Waals surface area contributed by atoms with E-state index < -0.39 is 0 Å². The topological polar surface area (TPSA) is 67.6 Å². The minimum Gasteiger partial charge on any atom is -0.321 e. The highest BCUT2D eigenvalue weighted by molar-refractivity contribution is 7.98. The summed E-state index contributed by atoms with van der Waals surface area (Å²) in [4.78, 5) is 4.54. The quantitative estimate of drug-likeness (QED) is 0.828. The zero-order chi connectivity index (χ0) is 11.4. The Morgan fingerprint density at radius 2 is 2.25 bits per heavy atom. The number of aromatic nitrogens is 3. The molecule has 1 atom stereocenters. The maximum Gasteiger partial charge on any atom is 0.167 e. The van der Waals surface area contributed by atoms with E-state index in [9.17, 15) is 0 Å². The summed E-state index contributed by atoms with van der Waals surface area (Å²) in [6, 6.07) is -0.0150. The van der Waals surface area contributed by atoms with E-state index in [0.717, 1.165) is 23.8 Å². The van der Waals surface area contributed by atoms with Gasteiger partial charge < -0.3 is 5.73 Å². The van der Waals surface area contributed by atoms with Crippen LogP contribution >= 0.6 is 11.8 Å². The van der Waals surface area contributed by atoms with Crippen LogP contribution in [0.15, 0.2) is 0 Å². The second-order valence-electron chi connectivity index (χ2n) is 4.45. The summed E-state index contributed by atoms with van der Waals surface area (Å²) in [5.74, 6) is 3.49. The van der Waals surface area contributed by atoms with Gasteiger partial charge in [0.2, 0.25) is 0 Å². The number of rotatable bonds is 5. The van der Waals surface area contributed by atoms with Crippen molar-refractivity contribution in [2.45, 2.75) is 44.1 Å². The van der Waals surface area contributed by atoms with Crippen LogP contribution < -0.4 is 5.73 Å². The molecule has 3 N–H and O–H groups in total. The van der Waals surface area contributed by atoms with Crippen molar-refractivity contribution in [1.82, 2.24) is 15.2 Å². The Morgan fingerprint density at radius 3 is 2.94 bits per heavy atom. The van der Waals surface area contributed by atoms with Crippen molar-refractivity contribution in [3.8, 4) is 0 Å². The molecule has 0 radical (unpaired) electrons. The molecule has 2 rings (SSSR count). The molecule has 0 amide bonds. The number of aromatic amines is 1. The van der Waals surface area contributed by atoms with Crippen molar-refractivity contribution in [2.75, 3.05) is 12.0 Å². The minimum absolute atomic E-state index is 0.0150. The van der Waals surface area contributed by atoms with Gasteiger partial charge in [0.25, 0.3) is 0 Å². The van der Waals surface area contributed by atoms with E-state index in [1.807, 2.05) is 11.8 Å². The average molecular weight is 240 g/mol. The Labute approximate surface area is 101 Å². The highest BCUT2D eigenvalue weighted by Gasteiger charge is 2.21. The van der Waals surface area contributed by atoms with Crippen molar-refractivity contribution < 1.29 is 0 Å². The predicted molar refractivity (Wildman–Crippen MR) is 67.5 cm³/mol. The monoisotopic (exact) mass is 240 g/mol. The van der Waals surface area contributed by atoms with Crippen LogP contribution in [0.4, 0.5) is 0 Å². The number of H-pyrrole nitrogens is 1. The highest BCUT2D eigenvalue weighted by atomic mass is 32.2. The lowest BCUT2D eigenvalue weighted by molar-refractivity contribution is 0.650. The highest BCUT2D eigenvalue weighted by Crippen LogP contribution is 2.32. The smallest absolute Gasteiger partial charge is 0.167 e. The standard InChI is InChI=1S/C11H20N4S/c1-16-7-6-9(12)11-13-10(14-15-11)8-4-2-3-5-8/h8-9H,2-7,12H2,1H3,(H,13,14,15)/t9-/m0/s1. The fourth-order valence-electron chi connectivity index (χ4n) is 2.21. The van der Waals surface area contributed by atoms with Crippen LogP contribution in [0.1, 0.15) is 55.7 Å². The Hall–Kier alpha value is -0.550. The zero-order valence-electron chi connectivity index (χ0n) is 9.78. The predicted octanol–water partition coefficient (Wildman–Crippen LogP) is 2.22. The molecule has 1 aliphatic carbocycles. The van der Waals surface area contributed by atoms with Gasteiger partial charge in [-0.3, -0.25) is 5.10 Å². The second-order valence-corrected chi connectivity index (χ2v) is 5.43. The van der Waals surface area contributed by atoms with Crippen LogP contribution in [-0.4, -0.2) is 27.2 Å². The van der Waals surface area contributed by atoms with Crippen LogP contribution in [0.5, 0.6) is 0 Å². The Morgan fingerprint density at radius 1 is 1.50 bits per heavy atom. The summed E-state index contributed by atoms with van der Waals surface area (Å²) < 4.78 is 0. The molecule has 0 unspecified atom stereocenters. The molecule has 0 saturated heterocycles. The number of nitrogens with one attached hydrogen (secondary N) is 1. The molecule has 1 aliphatic rings. The van der Waals surface area contributed by atoms with Gasteiger partial charge in [-0.2, -0.15) is 16.9 Å². The first-order valence-electron chi connectivity index (χ1n) is 5.98. The van der Waals surface area contributed by atoms with Crippen LogP contribution in [0.2, 0.25) is 0 Å². The Balaban J connectivity index is 1.95. The summed E-state index contributed by atoms with van der Waals surface area (Å²) in [6.07, 6.45) is 8.17. The molecule has 1 saturated carbocycles. The Kier molecular flexibility index (Phi) is 4.23. The van der Waals surface area contributed by atoms with E-state index in [2.05, 4.69) is 21.4 Å². The summed E-state index contributed by atoms with van der Waals surface area (Å²) in [5, 5.41) is 7.30. The van der Waals surface area contributed by atoms with Gasteiger partial charge in [-0.1, -0.05) is 12.8 Å². The summed E-state index contributed by atoms with van der Waals surface area (Å²) >= 11 is 1.81. The number of nitrogens with zero attached hydrogens (tertiary/aromatic N) is 2. The van der Waals surface area contributed by atoms with Crippen LogP contribution in [0, 0.1) is 0 Å². The molecular formula is C11H20N4S. The van der Waals surface area contributed by atoms with Crippen molar-refractivity contribution in [1.29, 1.82) is 0 Å². The van der Waals surface area contributed by atoms with Crippen molar-refractivity contribution in [3.63, 3.8) is 0 Å². The van der Waals surface area contributed by atoms with Gasteiger partial charge in [-0.15, -0.1) is 0 Å². The van der Waals surface area contributed by atoms with Crippen molar-refractivity contribution >= 4 is 11.8 Å². The maximum atomic E-state index is 6.03. The molecule has 1 aromatic rings. The van der Waals surface area contributed by atoms with E-state index >= 15 is 0 Å². The van der Waals surface area contributed by atoms with Crippen LogP contribution in [-0.2, 0) is 0 Å². The molecule has 0 aromatic carbocycles. The van der Waals surface area contributed by atoms with Gasteiger partial charge in [0.15, 0.2) is 5.82 Å². The molecule has 0 aliphatic heterocycles. The van der Waals surface area contributed by atoms with Gasteiger partial charge in [-0.05, 0) is 31.3 Å². The fraction of sp³-hybridized carbons (Fsp3) is 0.818. The lowest BCUT2D eigenvalue weighted by atomic mass is 10.1. The molecule has 0 bridgehead atoms. The third-order valence-electron chi connectivity index (χ3n) is 3.23. The number of hydrogen-bond donors (Lipinski definition) is 2. The third-order valence-corrected chi connectivity index (χ3v) is 3.87. The third kappa shape index (κ3) is 2.77. The van der Waals surface area contributed by atoms with Crippen molar-refractivity contribution in [2.24, 2.45) is 5.73 Å². The molecule has 1 aromatic heterocycles. The summed E-state index contributed by atoms with van der Waals surface area (Å²) in [6.45, 7) is 0. The normalized spacial score (nSPS) is 19.1. The lowest BCUT2D eigenvalue weighted by Gasteiger charge is -2.05. The van der Waals surface area contributed by atoms with Gasteiger partial charge >= 0.3 is 0 Å². The fourth-order valence-corrected chi connectivity index (χ4v) is 2.70. The SMILES string of the molecule is CSCC[C@H](N)c1n[nH]c(C2CCCC2)n1. The number of hydrogen-bond acceptors (Lipinski definition) is 4. The van der Waals surface area contributed by atoms with Gasteiger partial charge in [0.05, 0.1) is 6.04 Å². The summed E-state index contributed by atoms with van der Waals surface area (Å²) in [5.41, 5.74) is 6.03. The largest absolute Gasteiger partial charge is 0.321 e. The molecule has 90 valence electrons. The number of nitrogens with two attached hydrogens (primary N) is 1. The molecule has 4 nitrogen and oxygen atoms in total. The van der Waals surface area contributed by atoms with Gasteiger partial charge in [0.1, 0.15) is 5.82 Å². The maximum absolute atomic E-state index is 6.03. The van der Waals surface area contributed by atoms with E-state index in [-0.39, 0.29) is 6.04 Å². The molecule has 1 fully saturated rings. The average Bonchev–Trinajstić information content (AvgIpc) is 2.94. The summed E-state index contributed by atoms with van der Waals surface area (Å²) in [7, 11) is 0. The zero-order valence-corrected chi connectivity index (χ0v) is 10.6. The first-order valence-corrected chi connectivity index (χ1v) is 7.37. The van der Waals surface area contributed by atoms with Crippen molar-refractivity contribution in [3.05, 3.63) is 11.6 Å². The van der Waals surface area contributed by atoms with Gasteiger partial charge in [-0.25, -0.2) is 4.98 Å². The molecule has 5 heteroatoms. The van der Waals surface area contributed by atoms with Crippen LogP contribution in [0.3, 0.4) is 0 Å². The van der Waals surface area contributed by atoms with Crippen LogP contribution in [0.25, 0.3) is 0 Å². The van der Waals surface area contributed by atoms with E-state index in [1.54, 1.807) is 0 Å². The lowest BCUT2D eigenvalue weighted by Crippen LogP contribution is -2.13. The van der Waals surface area contributed by atoms with E-state index in [0.29, 0.717) is 5.92 Å². The molecule has 1 heterocycles. The molecule has 16 heavy (non-hydrogen) atoms. The van der Waals surface area contributed by atoms with E-state index in [4.69, 9.17) is 5.73 Å². The first-order chi connectivity index (χ1) is 7.81. The second kappa shape index (κ2) is 5.68. The minimum atomic E-state index is -0.0150.